The van der Waals surface area contributed by atoms with Crippen LogP contribution in [0.1, 0.15) is 60.7 Å². The van der Waals surface area contributed by atoms with Crippen molar-refractivity contribution >= 4 is 17.9 Å². The molecule has 0 aromatic heterocycles. The minimum absolute atomic E-state index is 0.000192. The summed E-state index contributed by atoms with van der Waals surface area (Å²) in [6.45, 7) is 6.95. The van der Waals surface area contributed by atoms with Crippen molar-refractivity contribution in [2.45, 2.75) is 46.1 Å². The fourth-order valence-corrected chi connectivity index (χ4v) is 4.51. The summed E-state index contributed by atoms with van der Waals surface area (Å²) in [5.41, 5.74) is 0.992. The third-order valence-corrected chi connectivity index (χ3v) is 5.91. The van der Waals surface area contributed by atoms with Crippen molar-refractivity contribution < 1.29 is 19.1 Å². The summed E-state index contributed by atoms with van der Waals surface area (Å²) in [6.07, 6.45) is 2.07. The van der Waals surface area contributed by atoms with Crippen LogP contribution in [0, 0.1) is 17.3 Å². The summed E-state index contributed by atoms with van der Waals surface area (Å²) >= 11 is 0. The molecule has 1 aliphatic carbocycles. The van der Waals surface area contributed by atoms with Gasteiger partial charge in [0.1, 0.15) is 0 Å². The van der Waals surface area contributed by atoms with E-state index in [1.54, 1.807) is 24.3 Å². The molecule has 27 heavy (non-hydrogen) atoms. The maximum Gasteiger partial charge on any atom is 0.407 e. The van der Waals surface area contributed by atoms with Gasteiger partial charge in [-0.1, -0.05) is 32.9 Å². The van der Waals surface area contributed by atoms with Crippen molar-refractivity contribution in [2.75, 3.05) is 13.7 Å². The zero-order valence-corrected chi connectivity index (χ0v) is 16.5. The summed E-state index contributed by atoms with van der Waals surface area (Å²) < 4.78 is 4.72. The summed E-state index contributed by atoms with van der Waals surface area (Å²) in [4.78, 5) is 38.4. The van der Waals surface area contributed by atoms with E-state index in [0.29, 0.717) is 17.7 Å². The molecule has 0 unspecified atom stereocenters. The number of nitrogens with one attached hydrogen (secondary N) is 1. The highest BCUT2D eigenvalue weighted by Gasteiger charge is 2.42. The maximum absolute atomic E-state index is 12.7. The zero-order chi connectivity index (χ0) is 19.8. The molecule has 0 spiro atoms. The number of carbonyl (C=O) groups is 3. The van der Waals surface area contributed by atoms with Crippen LogP contribution in [-0.4, -0.2) is 42.5 Å². The van der Waals surface area contributed by atoms with E-state index < -0.39 is 6.09 Å². The Labute approximate surface area is 160 Å². The lowest BCUT2D eigenvalue weighted by Crippen LogP contribution is -2.47. The van der Waals surface area contributed by atoms with Gasteiger partial charge in [-0.2, -0.15) is 0 Å². The van der Waals surface area contributed by atoms with Crippen LogP contribution in [0.15, 0.2) is 24.3 Å². The number of nitrogens with zero attached hydrogens (tertiary/aromatic N) is 1. The Kier molecular flexibility index (Phi) is 5.27. The number of benzene rings is 1. The van der Waals surface area contributed by atoms with Gasteiger partial charge < -0.3 is 10.1 Å². The molecule has 146 valence electrons. The molecule has 6 heteroatoms. The minimum atomic E-state index is -0.411. The number of hydrogen-bond acceptors (Lipinski definition) is 4. The molecule has 1 aromatic rings. The van der Waals surface area contributed by atoms with Crippen LogP contribution in [0.5, 0.6) is 0 Å². The first kappa shape index (κ1) is 19.4. The van der Waals surface area contributed by atoms with Crippen molar-refractivity contribution in [1.29, 1.82) is 0 Å². The van der Waals surface area contributed by atoms with Crippen LogP contribution in [0.3, 0.4) is 0 Å². The Morgan fingerprint density at radius 2 is 1.74 bits per heavy atom. The molecule has 3 rings (SSSR count). The summed E-state index contributed by atoms with van der Waals surface area (Å²) in [5.74, 6) is 0.0942. The second kappa shape index (κ2) is 7.33. The predicted molar refractivity (Wildman–Crippen MR) is 101 cm³/mol. The van der Waals surface area contributed by atoms with Crippen LogP contribution in [-0.2, 0) is 4.74 Å². The lowest BCUT2D eigenvalue weighted by atomic mass is 9.65. The summed E-state index contributed by atoms with van der Waals surface area (Å²) in [7, 11) is 1.37. The van der Waals surface area contributed by atoms with Crippen molar-refractivity contribution in [2.24, 2.45) is 17.3 Å². The molecular formula is C21H28N2O4. The fraction of sp³-hybridized carbons (Fsp3) is 0.571. The lowest BCUT2D eigenvalue weighted by Gasteiger charge is -2.44. The topological polar surface area (TPSA) is 75.7 Å². The number of amides is 3. The third kappa shape index (κ3) is 3.84. The van der Waals surface area contributed by atoms with Gasteiger partial charge in [0, 0.05) is 12.6 Å². The Morgan fingerprint density at radius 1 is 1.15 bits per heavy atom. The monoisotopic (exact) mass is 372 g/mol. The van der Waals surface area contributed by atoms with Crippen molar-refractivity contribution in [3.63, 3.8) is 0 Å². The molecule has 3 amide bonds. The van der Waals surface area contributed by atoms with E-state index in [1.807, 2.05) is 0 Å². The number of ether oxygens (including phenoxy) is 1. The van der Waals surface area contributed by atoms with E-state index in [9.17, 15) is 14.4 Å². The molecule has 2 aliphatic rings. The molecule has 1 N–H and O–H groups in total. The number of rotatable bonds is 3. The zero-order valence-electron chi connectivity index (χ0n) is 16.5. The second-order valence-electron chi connectivity index (χ2n) is 8.64. The Balaban J connectivity index is 1.75. The van der Waals surface area contributed by atoms with E-state index in [4.69, 9.17) is 4.74 Å². The molecule has 1 aromatic carbocycles. The van der Waals surface area contributed by atoms with E-state index in [2.05, 4.69) is 26.1 Å². The molecule has 0 saturated heterocycles. The normalized spacial score (nSPS) is 25.3. The SMILES string of the molecule is COC(=O)N[C@H]1CC[C@H](CN2C(=O)c3ccccc3C2=O)[C@@H](C(C)(C)C)C1. The molecule has 1 heterocycles. The van der Waals surface area contributed by atoms with Gasteiger partial charge >= 0.3 is 6.09 Å². The van der Waals surface area contributed by atoms with Crippen LogP contribution in [0.25, 0.3) is 0 Å². The van der Waals surface area contributed by atoms with E-state index in [1.165, 1.54) is 12.0 Å². The van der Waals surface area contributed by atoms with Gasteiger partial charge in [0.15, 0.2) is 0 Å². The average Bonchev–Trinajstić information content (AvgIpc) is 2.87. The average molecular weight is 372 g/mol. The van der Waals surface area contributed by atoms with Gasteiger partial charge in [-0.3, -0.25) is 14.5 Å². The first-order valence-corrected chi connectivity index (χ1v) is 9.52. The van der Waals surface area contributed by atoms with Crippen molar-refractivity contribution in [1.82, 2.24) is 10.2 Å². The van der Waals surface area contributed by atoms with Gasteiger partial charge in [0.2, 0.25) is 0 Å². The summed E-state index contributed by atoms with van der Waals surface area (Å²) in [5, 5.41) is 2.91. The maximum atomic E-state index is 12.7. The quantitative estimate of drug-likeness (QED) is 0.825. The molecule has 6 nitrogen and oxygen atoms in total. The first-order chi connectivity index (χ1) is 12.7. The van der Waals surface area contributed by atoms with Gasteiger partial charge in [0.25, 0.3) is 11.8 Å². The van der Waals surface area contributed by atoms with Crippen LogP contribution >= 0.6 is 0 Å². The summed E-state index contributed by atoms with van der Waals surface area (Å²) in [6, 6.07) is 7.06. The van der Waals surface area contributed by atoms with Crippen molar-refractivity contribution in [3.05, 3.63) is 35.4 Å². The molecule has 1 fully saturated rings. The molecule has 0 bridgehead atoms. The number of carbonyl (C=O) groups excluding carboxylic acids is 3. The van der Waals surface area contributed by atoms with Crippen LogP contribution < -0.4 is 5.32 Å². The number of hydrogen-bond donors (Lipinski definition) is 1. The number of alkyl carbamates (subject to hydrolysis) is 1. The number of methoxy groups -OCH3 is 1. The van der Waals surface area contributed by atoms with Gasteiger partial charge in [-0.05, 0) is 48.6 Å². The van der Waals surface area contributed by atoms with Gasteiger partial charge in [0.05, 0.1) is 18.2 Å². The largest absolute Gasteiger partial charge is 0.453 e. The number of fused-ring (bicyclic) bond motifs is 1. The Morgan fingerprint density at radius 3 is 2.26 bits per heavy atom. The molecule has 3 atom stereocenters. The van der Waals surface area contributed by atoms with Gasteiger partial charge in [-0.15, -0.1) is 0 Å². The fourth-order valence-electron chi connectivity index (χ4n) is 4.51. The van der Waals surface area contributed by atoms with E-state index in [-0.39, 0.29) is 35.1 Å². The van der Waals surface area contributed by atoms with Crippen LogP contribution in [0.2, 0.25) is 0 Å². The Bertz CT molecular complexity index is 718. The molecule has 1 aliphatic heterocycles. The smallest absolute Gasteiger partial charge is 0.407 e. The van der Waals surface area contributed by atoms with E-state index >= 15 is 0 Å². The molecule has 0 radical (unpaired) electrons. The lowest BCUT2D eigenvalue weighted by molar-refractivity contribution is 0.0439. The highest BCUT2D eigenvalue weighted by molar-refractivity contribution is 6.21. The third-order valence-electron chi connectivity index (χ3n) is 5.91. The Hall–Kier alpha value is -2.37. The predicted octanol–water partition coefficient (Wildman–Crippen LogP) is 3.47. The molecular weight excluding hydrogens is 344 g/mol. The highest BCUT2D eigenvalue weighted by Crippen LogP contribution is 2.43. The standard InChI is InChI=1S/C21H28N2O4/c1-21(2,3)17-11-14(22-20(26)27-4)10-9-13(17)12-23-18(24)15-7-5-6-8-16(15)19(23)25/h5-8,13-14,17H,9-12H2,1-4H3,(H,22,26)/t13-,14+,17+/m1/s1. The minimum Gasteiger partial charge on any atom is -0.453 e. The van der Waals surface area contributed by atoms with Crippen molar-refractivity contribution in [3.8, 4) is 0 Å². The second-order valence-corrected chi connectivity index (χ2v) is 8.64. The van der Waals surface area contributed by atoms with E-state index in [0.717, 1.165) is 19.3 Å². The molecule has 1 saturated carbocycles. The highest BCUT2D eigenvalue weighted by atomic mass is 16.5. The number of imide groups is 1. The first-order valence-electron chi connectivity index (χ1n) is 9.52. The van der Waals surface area contributed by atoms with Gasteiger partial charge in [-0.25, -0.2) is 4.79 Å². The van der Waals surface area contributed by atoms with Crippen LogP contribution in [0.4, 0.5) is 4.79 Å².